The normalized spacial score (nSPS) is 28.3. The minimum Gasteiger partial charge on any atom is -0.396 e. The number of hydrogen-bond acceptors (Lipinski definition) is 5. The number of hydrogen-bond donors (Lipinski definition) is 3. The van der Waals surface area contributed by atoms with Crippen molar-refractivity contribution in [3.8, 4) is 0 Å². The first-order valence-electron chi connectivity index (χ1n) is 12.5. The number of aliphatic hydroxyl groups is 1. The summed E-state index contributed by atoms with van der Waals surface area (Å²) in [4.78, 5) is 42.5. The van der Waals surface area contributed by atoms with Gasteiger partial charge < -0.3 is 25.4 Å². The zero-order valence-corrected chi connectivity index (χ0v) is 20.6. The van der Waals surface area contributed by atoms with Crippen LogP contribution in [-0.4, -0.2) is 58.6 Å². The number of halogens is 1. The molecule has 3 saturated heterocycles. The van der Waals surface area contributed by atoms with Crippen LogP contribution in [0.4, 0.5) is 11.4 Å². The number of aliphatic hydroxyl groups excluding tert-OH is 1. The van der Waals surface area contributed by atoms with Crippen molar-refractivity contribution >= 4 is 40.7 Å². The summed E-state index contributed by atoms with van der Waals surface area (Å²) in [6.07, 6.45) is 2.68. The van der Waals surface area contributed by atoms with Crippen molar-refractivity contribution in [2.24, 2.45) is 11.8 Å². The van der Waals surface area contributed by atoms with E-state index in [0.717, 1.165) is 6.42 Å². The number of fused-ring (bicyclic) bond motifs is 1. The van der Waals surface area contributed by atoms with Crippen molar-refractivity contribution in [1.29, 1.82) is 0 Å². The molecule has 3 N–H and O–H groups in total. The molecule has 8 nitrogen and oxygen atoms in total. The number of anilines is 2. The second-order valence-corrected chi connectivity index (χ2v) is 10.1. The molecule has 5 rings (SSSR count). The van der Waals surface area contributed by atoms with Gasteiger partial charge in [-0.3, -0.25) is 14.4 Å². The van der Waals surface area contributed by atoms with Crippen LogP contribution in [-0.2, 0) is 19.1 Å². The summed E-state index contributed by atoms with van der Waals surface area (Å²) in [6.45, 7) is 0.419. The Kier molecular flexibility index (Phi) is 7.01. The topological polar surface area (TPSA) is 108 Å². The number of rotatable bonds is 9. The molecule has 3 aliphatic rings. The fourth-order valence-electron chi connectivity index (χ4n) is 6.08. The van der Waals surface area contributed by atoms with Gasteiger partial charge in [-0.05, 0) is 56.4 Å². The lowest BCUT2D eigenvalue weighted by molar-refractivity contribution is -0.139. The highest BCUT2D eigenvalue weighted by molar-refractivity contribution is 6.33. The number of carbonyl (C=O) groups excluding carboxylic acids is 3. The van der Waals surface area contributed by atoms with Crippen LogP contribution in [0.15, 0.2) is 54.6 Å². The van der Waals surface area contributed by atoms with Crippen LogP contribution in [0.3, 0.4) is 0 Å². The van der Waals surface area contributed by atoms with E-state index in [1.165, 1.54) is 0 Å². The Bertz CT molecular complexity index is 1150. The van der Waals surface area contributed by atoms with Crippen molar-refractivity contribution in [2.75, 3.05) is 23.8 Å². The van der Waals surface area contributed by atoms with Gasteiger partial charge in [-0.25, -0.2) is 0 Å². The number of benzene rings is 2. The number of ether oxygens (including phenoxy) is 1. The van der Waals surface area contributed by atoms with E-state index in [1.807, 2.05) is 18.2 Å². The fourth-order valence-corrected chi connectivity index (χ4v) is 6.26. The number of likely N-dealkylation sites (tertiary alicyclic amines) is 1. The van der Waals surface area contributed by atoms with Crippen LogP contribution >= 0.6 is 11.6 Å². The Morgan fingerprint density at radius 2 is 1.78 bits per heavy atom. The van der Waals surface area contributed by atoms with Crippen molar-refractivity contribution in [3.05, 3.63) is 59.6 Å². The van der Waals surface area contributed by atoms with Crippen LogP contribution in [0.2, 0.25) is 5.02 Å². The predicted octanol–water partition coefficient (Wildman–Crippen LogP) is 3.45. The quantitative estimate of drug-likeness (QED) is 0.447. The molecular formula is C27H30ClN3O5. The molecule has 2 unspecified atom stereocenters. The highest BCUT2D eigenvalue weighted by Crippen LogP contribution is 2.58. The first-order chi connectivity index (χ1) is 17.5. The van der Waals surface area contributed by atoms with Gasteiger partial charge in [0.05, 0.1) is 28.6 Å². The Morgan fingerprint density at radius 1 is 1.03 bits per heavy atom. The van der Waals surface area contributed by atoms with Gasteiger partial charge in [0.1, 0.15) is 11.6 Å². The molecule has 3 amide bonds. The lowest BCUT2D eigenvalue weighted by atomic mass is 9.70. The summed E-state index contributed by atoms with van der Waals surface area (Å²) in [5.41, 5.74) is 0.0456. The fraction of sp³-hybridized carbons (Fsp3) is 0.444. The van der Waals surface area contributed by atoms with Gasteiger partial charge in [0, 0.05) is 18.8 Å². The maximum atomic E-state index is 13.8. The first-order valence-corrected chi connectivity index (χ1v) is 12.8. The first kappa shape index (κ1) is 24.7. The Balaban J connectivity index is 1.44. The van der Waals surface area contributed by atoms with Gasteiger partial charge in [0.2, 0.25) is 17.7 Å². The summed E-state index contributed by atoms with van der Waals surface area (Å²) < 4.78 is 6.43. The molecule has 2 aromatic rings. The van der Waals surface area contributed by atoms with E-state index in [2.05, 4.69) is 10.6 Å². The average Bonchev–Trinajstić information content (AvgIpc) is 3.51. The number of nitrogens with zero attached hydrogens (tertiary/aromatic N) is 1. The number of carbonyl (C=O) groups is 3. The van der Waals surface area contributed by atoms with E-state index in [1.54, 1.807) is 41.3 Å². The molecule has 190 valence electrons. The molecule has 36 heavy (non-hydrogen) atoms. The molecule has 2 bridgehead atoms. The summed E-state index contributed by atoms with van der Waals surface area (Å²) in [7, 11) is 0. The third-order valence-electron chi connectivity index (χ3n) is 7.58. The lowest BCUT2D eigenvalue weighted by Gasteiger charge is -2.33. The van der Waals surface area contributed by atoms with E-state index in [9.17, 15) is 14.4 Å². The molecule has 3 aliphatic heterocycles. The zero-order chi connectivity index (χ0) is 25.3. The van der Waals surface area contributed by atoms with Gasteiger partial charge in [-0.1, -0.05) is 41.9 Å². The van der Waals surface area contributed by atoms with Gasteiger partial charge in [-0.15, -0.1) is 0 Å². The second-order valence-electron chi connectivity index (χ2n) is 9.70. The van der Waals surface area contributed by atoms with Crippen LogP contribution in [0, 0.1) is 11.8 Å². The smallest absolute Gasteiger partial charge is 0.250 e. The molecule has 5 atom stereocenters. The lowest BCUT2D eigenvalue weighted by Crippen LogP contribution is -2.53. The highest BCUT2D eigenvalue weighted by Gasteiger charge is 2.74. The minimum absolute atomic E-state index is 0.0729. The SMILES string of the molecule is O=C(Nc1ccccc1Cl)C1N(CCCCCO)C(=O)[C@@H]2[C@@H](C(=O)Nc3ccccc3)[C@H]3CCC12O3. The van der Waals surface area contributed by atoms with Gasteiger partial charge in [0.25, 0.3) is 0 Å². The molecule has 0 radical (unpaired) electrons. The number of para-hydroxylation sites is 2. The molecule has 3 fully saturated rings. The number of nitrogens with one attached hydrogen (secondary N) is 2. The molecule has 0 aromatic heterocycles. The van der Waals surface area contributed by atoms with E-state index in [4.69, 9.17) is 21.4 Å². The van der Waals surface area contributed by atoms with Gasteiger partial charge in [-0.2, -0.15) is 0 Å². The third kappa shape index (κ3) is 4.27. The van der Waals surface area contributed by atoms with Crippen molar-refractivity contribution in [2.45, 2.75) is 49.9 Å². The van der Waals surface area contributed by atoms with Crippen molar-refractivity contribution in [1.82, 2.24) is 4.90 Å². The average molecular weight is 512 g/mol. The Morgan fingerprint density at radius 3 is 2.53 bits per heavy atom. The molecule has 0 aliphatic carbocycles. The summed E-state index contributed by atoms with van der Waals surface area (Å²) in [5, 5.41) is 15.4. The van der Waals surface area contributed by atoms with Crippen LogP contribution < -0.4 is 10.6 Å². The van der Waals surface area contributed by atoms with Crippen LogP contribution in [0.25, 0.3) is 0 Å². The predicted molar refractivity (Wildman–Crippen MR) is 135 cm³/mol. The van der Waals surface area contributed by atoms with Crippen molar-refractivity contribution < 1.29 is 24.2 Å². The third-order valence-corrected chi connectivity index (χ3v) is 7.91. The Labute approximate surface area is 215 Å². The van der Waals surface area contributed by atoms with E-state index in [-0.39, 0.29) is 24.3 Å². The van der Waals surface area contributed by atoms with Crippen LogP contribution in [0.5, 0.6) is 0 Å². The summed E-state index contributed by atoms with van der Waals surface area (Å²) in [5.74, 6) is -2.28. The number of amides is 3. The maximum Gasteiger partial charge on any atom is 0.250 e. The molecular weight excluding hydrogens is 482 g/mol. The number of unbranched alkanes of at least 4 members (excludes halogenated alkanes) is 2. The minimum atomic E-state index is -1.07. The largest absolute Gasteiger partial charge is 0.396 e. The molecule has 0 saturated carbocycles. The molecule has 9 heteroatoms. The van der Waals surface area contributed by atoms with Crippen LogP contribution in [0.1, 0.15) is 32.1 Å². The van der Waals surface area contributed by atoms with E-state index < -0.39 is 29.6 Å². The summed E-state index contributed by atoms with van der Waals surface area (Å²) in [6, 6.07) is 15.2. The van der Waals surface area contributed by atoms with Gasteiger partial charge in [0.15, 0.2) is 0 Å². The monoisotopic (exact) mass is 511 g/mol. The van der Waals surface area contributed by atoms with Gasteiger partial charge >= 0.3 is 0 Å². The standard InChI is InChI=1S/C27H30ClN3O5/c28-18-11-5-6-12-19(18)30-25(34)23-27-14-13-20(36-27)21(24(33)29-17-9-3-1-4-10-17)22(27)26(35)31(23)15-7-2-8-16-32/h1,3-6,9-12,20-23,32H,2,7-8,13-16H2,(H,29,33)(H,30,34)/t20-,21+,22+,23?,27?/m1/s1. The van der Waals surface area contributed by atoms with E-state index in [0.29, 0.717) is 48.6 Å². The highest BCUT2D eigenvalue weighted by atomic mass is 35.5. The maximum absolute atomic E-state index is 13.8. The molecule has 2 aromatic carbocycles. The van der Waals surface area contributed by atoms with E-state index >= 15 is 0 Å². The zero-order valence-electron chi connectivity index (χ0n) is 19.9. The Hall–Kier alpha value is -2.94. The molecule has 3 heterocycles. The summed E-state index contributed by atoms with van der Waals surface area (Å²) >= 11 is 6.29. The van der Waals surface area contributed by atoms with Crippen molar-refractivity contribution in [3.63, 3.8) is 0 Å². The molecule has 1 spiro atoms. The second kappa shape index (κ2) is 10.2.